The number of aromatic nitrogens is 1. The third-order valence-corrected chi connectivity index (χ3v) is 6.09. The van der Waals surface area contributed by atoms with Crippen molar-refractivity contribution in [2.45, 2.75) is 38.8 Å². The summed E-state index contributed by atoms with van der Waals surface area (Å²) in [5.74, 6) is 0.226. The fourth-order valence-corrected chi connectivity index (χ4v) is 4.14. The van der Waals surface area contributed by atoms with Crippen LogP contribution in [-0.4, -0.2) is 23.0 Å². The van der Waals surface area contributed by atoms with E-state index in [1.165, 1.54) is 0 Å². The first kappa shape index (κ1) is 22.3. The molecule has 33 heavy (non-hydrogen) atoms. The molecule has 0 radical (unpaired) electrons. The van der Waals surface area contributed by atoms with Crippen LogP contribution in [0.15, 0.2) is 82.3 Å². The van der Waals surface area contributed by atoms with Crippen LogP contribution in [0.25, 0.3) is 11.1 Å². The van der Waals surface area contributed by atoms with Crippen LogP contribution in [0.1, 0.15) is 37.6 Å². The summed E-state index contributed by atoms with van der Waals surface area (Å²) in [4.78, 5) is 17.5. The Morgan fingerprint density at radius 3 is 2.67 bits per heavy atom. The number of benzene rings is 2. The average Bonchev–Trinajstić information content (AvgIpc) is 3.26. The number of carbonyl (C=O) groups excluding carboxylic acids is 1. The number of rotatable bonds is 7. The van der Waals surface area contributed by atoms with E-state index in [-0.39, 0.29) is 30.3 Å². The molecule has 2 unspecified atom stereocenters. The van der Waals surface area contributed by atoms with Crippen LogP contribution in [0.2, 0.25) is 0 Å². The second kappa shape index (κ2) is 9.73. The van der Waals surface area contributed by atoms with E-state index in [1.54, 1.807) is 0 Å². The largest absolute Gasteiger partial charge is 0.445 e. The molecular formula is C26H28N4O3. The van der Waals surface area contributed by atoms with Crippen molar-refractivity contribution in [3.05, 3.63) is 89.3 Å². The van der Waals surface area contributed by atoms with Gasteiger partial charge < -0.3 is 20.2 Å². The van der Waals surface area contributed by atoms with Gasteiger partial charge in [-0.25, -0.2) is 9.78 Å². The molecule has 0 aliphatic heterocycles. The van der Waals surface area contributed by atoms with Gasteiger partial charge in [0.05, 0.1) is 12.0 Å². The Labute approximate surface area is 192 Å². The summed E-state index contributed by atoms with van der Waals surface area (Å²) in [6.07, 6.45) is 3.83. The monoisotopic (exact) mass is 444 g/mol. The number of hydrogen-bond acceptors (Lipinski definition) is 5. The van der Waals surface area contributed by atoms with E-state index >= 15 is 0 Å². The van der Waals surface area contributed by atoms with Crippen molar-refractivity contribution < 1.29 is 13.9 Å². The van der Waals surface area contributed by atoms with Crippen molar-refractivity contribution >= 4 is 23.0 Å². The number of allylic oxidation sites excluding steroid dienone is 2. The van der Waals surface area contributed by atoms with Gasteiger partial charge >= 0.3 is 6.09 Å². The minimum atomic E-state index is -0.515. The summed E-state index contributed by atoms with van der Waals surface area (Å²) >= 11 is 0. The fourth-order valence-electron chi connectivity index (χ4n) is 4.14. The van der Waals surface area contributed by atoms with Crippen LogP contribution in [0, 0.1) is 11.3 Å². The van der Waals surface area contributed by atoms with Crippen molar-refractivity contribution in [1.29, 1.82) is 5.41 Å². The molecule has 7 heteroatoms. The molecule has 3 atom stereocenters. The van der Waals surface area contributed by atoms with E-state index < -0.39 is 6.09 Å². The maximum absolute atomic E-state index is 12.8. The van der Waals surface area contributed by atoms with Crippen LogP contribution >= 0.6 is 0 Å². The van der Waals surface area contributed by atoms with Gasteiger partial charge in [-0.2, -0.15) is 0 Å². The quantitative estimate of drug-likeness (QED) is 0.348. The van der Waals surface area contributed by atoms with Crippen molar-refractivity contribution in [3.63, 3.8) is 0 Å². The van der Waals surface area contributed by atoms with Crippen LogP contribution in [0.5, 0.6) is 0 Å². The lowest BCUT2D eigenvalue weighted by atomic mass is 9.77. The number of amidine groups is 1. The van der Waals surface area contributed by atoms with Crippen LogP contribution in [0.4, 0.5) is 4.79 Å². The number of hydrogen-bond donors (Lipinski definition) is 3. The van der Waals surface area contributed by atoms with E-state index in [0.717, 1.165) is 22.2 Å². The minimum absolute atomic E-state index is 0.0312. The Balaban J connectivity index is 1.58. The van der Waals surface area contributed by atoms with Crippen molar-refractivity contribution in [1.82, 2.24) is 10.3 Å². The normalized spacial score (nSPS) is 17.6. The highest BCUT2D eigenvalue weighted by molar-refractivity contribution is 5.95. The molecule has 1 aliphatic rings. The van der Waals surface area contributed by atoms with Crippen molar-refractivity contribution in [2.75, 3.05) is 0 Å². The predicted molar refractivity (Wildman–Crippen MR) is 128 cm³/mol. The SMILES string of the molecule is CC1=CC=C(C(=N)N)CC1[C@H](NC(=O)OCc1ccccc1)C(C)c1nc2ccccc2o1. The lowest BCUT2D eigenvalue weighted by molar-refractivity contribution is 0.130. The van der Waals surface area contributed by atoms with Gasteiger partial charge in [0.15, 0.2) is 11.5 Å². The van der Waals surface area contributed by atoms with Gasteiger partial charge in [0.1, 0.15) is 18.0 Å². The number of oxazole rings is 1. The van der Waals surface area contributed by atoms with Gasteiger partial charge in [0.25, 0.3) is 0 Å². The number of nitrogens with zero attached hydrogens (tertiary/aromatic N) is 1. The molecule has 3 aromatic rings. The van der Waals surface area contributed by atoms with E-state index in [2.05, 4.69) is 10.3 Å². The first-order chi connectivity index (χ1) is 15.9. The fraction of sp³-hybridized carbons (Fsp3) is 0.269. The number of nitrogens with one attached hydrogen (secondary N) is 2. The third kappa shape index (κ3) is 5.14. The third-order valence-electron chi connectivity index (χ3n) is 6.09. The lowest BCUT2D eigenvalue weighted by Crippen LogP contribution is -2.45. The Morgan fingerprint density at radius 2 is 1.94 bits per heavy atom. The Hall–Kier alpha value is -3.87. The molecule has 1 amide bonds. The summed E-state index contributed by atoms with van der Waals surface area (Å²) < 4.78 is 11.5. The number of nitrogens with two attached hydrogens (primary N) is 1. The van der Waals surface area contributed by atoms with Gasteiger partial charge in [-0.15, -0.1) is 0 Å². The molecule has 2 aromatic carbocycles. The zero-order chi connectivity index (χ0) is 23.4. The summed E-state index contributed by atoms with van der Waals surface area (Å²) in [5.41, 5.74) is 9.96. The average molecular weight is 445 g/mol. The molecule has 4 rings (SSSR count). The number of fused-ring (bicyclic) bond motifs is 1. The van der Waals surface area contributed by atoms with E-state index in [9.17, 15) is 4.79 Å². The second-order valence-electron chi connectivity index (χ2n) is 8.37. The summed E-state index contributed by atoms with van der Waals surface area (Å²) in [7, 11) is 0. The number of carbonyl (C=O) groups is 1. The smallest absolute Gasteiger partial charge is 0.407 e. The molecule has 0 saturated carbocycles. The molecule has 4 N–H and O–H groups in total. The highest BCUT2D eigenvalue weighted by Gasteiger charge is 2.35. The van der Waals surface area contributed by atoms with Gasteiger partial charge in [0, 0.05) is 5.92 Å². The summed E-state index contributed by atoms with van der Waals surface area (Å²) in [6, 6.07) is 16.7. The topological polar surface area (TPSA) is 114 Å². The van der Waals surface area contributed by atoms with Crippen LogP contribution in [-0.2, 0) is 11.3 Å². The lowest BCUT2D eigenvalue weighted by Gasteiger charge is -2.34. The Morgan fingerprint density at radius 1 is 1.21 bits per heavy atom. The zero-order valence-corrected chi connectivity index (χ0v) is 18.7. The highest BCUT2D eigenvalue weighted by atomic mass is 16.5. The first-order valence-electron chi connectivity index (χ1n) is 11.0. The van der Waals surface area contributed by atoms with Crippen molar-refractivity contribution in [3.8, 4) is 0 Å². The minimum Gasteiger partial charge on any atom is -0.445 e. The van der Waals surface area contributed by atoms with Gasteiger partial charge in [-0.05, 0) is 36.6 Å². The van der Waals surface area contributed by atoms with Gasteiger partial charge in [-0.3, -0.25) is 5.41 Å². The predicted octanol–water partition coefficient (Wildman–Crippen LogP) is 5.05. The number of amides is 1. The zero-order valence-electron chi connectivity index (χ0n) is 18.7. The first-order valence-corrected chi connectivity index (χ1v) is 11.0. The summed E-state index contributed by atoms with van der Waals surface area (Å²) in [5, 5.41) is 10.9. The molecule has 0 bridgehead atoms. The van der Waals surface area contributed by atoms with Crippen LogP contribution in [0.3, 0.4) is 0 Å². The van der Waals surface area contributed by atoms with Gasteiger partial charge in [-0.1, -0.05) is 67.1 Å². The molecule has 0 spiro atoms. The van der Waals surface area contributed by atoms with E-state index in [1.807, 2.05) is 80.6 Å². The van der Waals surface area contributed by atoms with E-state index in [4.69, 9.17) is 20.3 Å². The maximum Gasteiger partial charge on any atom is 0.407 e. The second-order valence-corrected chi connectivity index (χ2v) is 8.37. The standard InChI is InChI=1S/C26H28N4O3/c1-16-12-13-19(24(27)28)14-20(16)23(30-26(31)32-15-18-8-4-3-5-9-18)17(2)25-29-21-10-6-7-11-22(21)33-25/h3-13,17,20,23H,14-15H2,1-2H3,(H3,27,28)(H,30,31)/t17?,20?,23-/m1/s1. The summed E-state index contributed by atoms with van der Waals surface area (Å²) in [6.45, 7) is 4.17. The number of para-hydroxylation sites is 2. The Kier molecular flexibility index (Phi) is 6.58. The maximum atomic E-state index is 12.8. The molecule has 0 fully saturated rings. The molecule has 1 aromatic heterocycles. The molecular weight excluding hydrogens is 416 g/mol. The highest BCUT2D eigenvalue weighted by Crippen LogP contribution is 2.35. The van der Waals surface area contributed by atoms with Crippen molar-refractivity contribution in [2.24, 2.45) is 11.7 Å². The molecule has 0 saturated heterocycles. The number of ether oxygens (including phenoxy) is 1. The molecule has 1 heterocycles. The van der Waals surface area contributed by atoms with E-state index in [0.29, 0.717) is 17.9 Å². The van der Waals surface area contributed by atoms with Gasteiger partial charge in [0.2, 0.25) is 0 Å². The molecule has 7 nitrogen and oxygen atoms in total. The Bertz CT molecular complexity index is 1180. The van der Waals surface area contributed by atoms with Crippen LogP contribution < -0.4 is 11.1 Å². The molecule has 1 aliphatic carbocycles. The number of alkyl carbamates (subject to hydrolysis) is 1. The molecule has 170 valence electrons.